The number of likely N-dealkylation sites (N-methyl/N-ethyl adjacent to an activating group) is 1. The van der Waals surface area contributed by atoms with E-state index in [0.29, 0.717) is 35.6 Å². The molecule has 0 aliphatic rings. The van der Waals surface area contributed by atoms with Crippen molar-refractivity contribution < 1.29 is 42.2 Å². The Hall–Kier alpha value is -4.52. The molecule has 0 saturated heterocycles. The molecular formula is C36H45ClF2N4O7. The minimum Gasteiger partial charge on any atom is -0.464 e. The molecule has 2 aromatic carbocycles. The largest absolute Gasteiger partial charge is 0.464 e. The number of rotatable bonds is 15. The van der Waals surface area contributed by atoms with E-state index in [1.165, 1.54) is 41.4 Å². The van der Waals surface area contributed by atoms with Gasteiger partial charge in [-0.3, -0.25) is 10.1 Å². The maximum absolute atomic E-state index is 13.9. The van der Waals surface area contributed by atoms with E-state index in [2.05, 4.69) is 15.6 Å². The summed E-state index contributed by atoms with van der Waals surface area (Å²) in [6.45, 7) is 8.58. The third-order valence-corrected chi connectivity index (χ3v) is 8.09. The Kier molecular flexibility index (Phi) is 14.7. The van der Waals surface area contributed by atoms with Crippen LogP contribution in [0.5, 0.6) is 0 Å². The van der Waals surface area contributed by atoms with Crippen molar-refractivity contribution in [3.05, 3.63) is 70.9 Å². The van der Waals surface area contributed by atoms with E-state index in [1.807, 2.05) is 0 Å². The number of aromatic nitrogens is 1. The smallest absolute Gasteiger partial charge is 0.412 e. The lowest BCUT2D eigenvalue weighted by atomic mass is 10.0. The lowest BCUT2D eigenvalue weighted by Gasteiger charge is -2.28. The third-order valence-electron chi connectivity index (χ3n) is 7.67. The van der Waals surface area contributed by atoms with Gasteiger partial charge < -0.3 is 24.4 Å². The standard InChI is InChI=1S/C36H45ClF2N4O7/c1-22(2)32(42-35(47)50-36(3,4)5)33(45)48-17-8-7-11-27(43(6)30(44)16-14-23-10-9-12-28(39)31(23)37)21-49-34(46)41-29-19-25-18-26(38)15-13-24(25)20-40-29/h9-10,12-13,15,18-20,22,27,32H,7-8,11,14,16-17,21H2,1-6H3,(H,42,47)(H,40,41,46)/t27-,32-/m0/s1. The predicted octanol–water partition coefficient (Wildman–Crippen LogP) is 7.44. The molecule has 1 aromatic heterocycles. The molecule has 0 radical (unpaired) electrons. The van der Waals surface area contributed by atoms with E-state index in [-0.39, 0.29) is 48.7 Å². The monoisotopic (exact) mass is 718 g/mol. The summed E-state index contributed by atoms with van der Waals surface area (Å²) in [5.74, 6) is -1.99. The van der Waals surface area contributed by atoms with Gasteiger partial charge in [0.15, 0.2) is 0 Å². The average Bonchev–Trinajstić information content (AvgIpc) is 3.03. The Morgan fingerprint density at radius 1 is 0.980 bits per heavy atom. The Balaban J connectivity index is 1.59. The minimum atomic E-state index is -0.907. The Morgan fingerprint density at radius 3 is 2.42 bits per heavy atom. The van der Waals surface area contributed by atoms with Crippen molar-refractivity contribution in [3.63, 3.8) is 0 Å². The highest BCUT2D eigenvalue weighted by atomic mass is 35.5. The van der Waals surface area contributed by atoms with E-state index in [1.54, 1.807) is 53.8 Å². The number of aryl methyl sites for hydroxylation is 1. The lowest BCUT2D eigenvalue weighted by Crippen LogP contribution is -2.47. The molecule has 3 aromatic rings. The van der Waals surface area contributed by atoms with Gasteiger partial charge in [-0.05, 0) is 93.7 Å². The van der Waals surface area contributed by atoms with Crippen LogP contribution >= 0.6 is 11.6 Å². The zero-order chi connectivity index (χ0) is 37.0. The Bertz CT molecular complexity index is 1650. The molecule has 0 aliphatic carbocycles. The second kappa shape index (κ2) is 18.5. The van der Waals surface area contributed by atoms with E-state index >= 15 is 0 Å². The molecule has 2 atom stereocenters. The van der Waals surface area contributed by atoms with Crippen molar-refractivity contribution in [2.75, 3.05) is 25.6 Å². The van der Waals surface area contributed by atoms with Gasteiger partial charge in [0.2, 0.25) is 5.91 Å². The van der Waals surface area contributed by atoms with Crippen LogP contribution in [-0.4, -0.2) is 71.9 Å². The van der Waals surface area contributed by atoms with Crippen molar-refractivity contribution in [2.24, 2.45) is 5.92 Å². The van der Waals surface area contributed by atoms with Gasteiger partial charge >= 0.3 is 18.2 Å². The van der Waals surface area contributed by atoms with Crippen LogP contribution in [0.2, 0.25) is 5.02 Å². The molecule has 0 unspecified atom stereocenters. The number of halogens is 3. The molecule has 2 N–H and O–H groups in total. The van der Waals surface area contributed by atoms with Gasteiger partial charge in [0.25, 0.3) is 0 Å². The van der Waals surface area contributed by atoms with Gasteiger partial charge in [0.05, 0.1) is 17.7 Å². The SMILES string of the molecule is CC(C)[C@H](NC(=O)OC(C)(C)C)C(=O)OCCCC[C@@H](COC(=O)Nc1cc2cc(F)ccc2cn1)N(C)C(=O)CCc1cccc(F)c1Cl. The van der Waals surface area contributed by atoms with E-state index in [9.17, 15) is 28.0 Å². The number of carbonyl (C=O) groups is 4. The van der Waals surface area contributed by atoms with Gasteiger partial charge in [0.1, 0.15) is 35.7 Å². The van der Waals surface area contributed by atoms with Crippen molar-refractivity contribution in [2.45, 2.75) is 84.4 Å². The van der Waals surface area contributed by atoms with Crippen molar-refractivity contribution in [1.82, 2.24) is 15.2 Å². The van der Waals surface area contributed by atoms with E-state index < -0.39 is 47.5 Å². The van der Waals surface area contributed by atoms with Crippen molar-refractivity contribution in [3.8, 4) is 0 Å². The average molecular weight is 719 g/mol. The highest BCUT2D eigenvalue weighted by Gasteiger charge is 2.28. The molecule has 272 valence electrons. The molecule has 0 fully saturated rings. The summed E-state index contributed by atoms with van der Waals surface area (Å²) in [5.41, 5.74) is -0.239. The van der Waals surface area contributed by atoms with Crippen LogP contribution in [0.4, 0.5) is 24.2 Å². The minimum absolute atomic E-state index is 0.0266. The maximum atomic E-state index is 13.9. The number of amides is 3. The van der Waals surface area contributed by atoms with Crippen LogP contribution < -0.4 is 10.6 Å². The zero-order valence-corrected chi connectivity index (χ0v) is 29.9. The molecular weight excluding hydrogens is 674 g/mol. The molecule has 14 heteroatoms. The number of pyridine rings is 1. The zero-order valence-electron chi connectivity index (χ0n) is 29.2. The van der Waals surface area contributed by atoms with Gasteiger partial charge in [-0.1, -0.05) is 37.6 Å². The van der Waals surface area contributed by atoms with Crippen LogP contribution in [-0.2, 0) is 30.2 Å². The summed E-state index contributed by atoms with van der Waals surface area (Å²) < 4.78 is 43.8. The number of anilines is 1. The molecule has 1 heterocycles. The van der Waals surface area contributed by atoms with E-state index in [0.717, 1.165) is 0 Å². The summed E-state index contributed by atoms with van der Waals surface area (Å²) in [6.07, 6.45) is 1.46. The molecule has 3 rings (SSSR count). The predicted molar refractivity (Wildman–Crippen MR) is 186 cm³/mol. The summed E-state index contributed by atoms with van der Waals surface area (Å²) in [7, 11) is 1.58. The second-order valence-electron chi connectivity index (χ2n) is 13.2. The third kappa shape index (κ3) is 12.7. The van der Waals surface area contributed by atoms with Crippen LogP contribution in [0.25, 0.3) is 10.8 Å². The van der Waals surface area contributed by atoms with Crippen LogP contribution in [0.3, 0.4) is 0 Å². The Morgan fingerprint density at radius 2 is 1.72 bits per heavy atom. The highest BCUT2D eigenvalue weighted by Crippen LogP contribution is 2.22. The number of hydrogen-bond acceptors (Lipinski definition) is 8. The van der Waals surface area contributed by atoms with Crippen LogP contribution in [0.1, 0.15) is 65.9 Å². The van der Waals surface area contributed by atoms with Crippen LogP contribution in [0.15, 0.2) is 48.7 Å². The number of fused-ring (bicyclic) bond motifs is 1. The number of benzene rings is 2. The van der Waals surface area contributed by atoms with Gasteiger partial charge in [-0.2, -0.15) is 0 Å². The van der Waals surface area contributed by atoms with Crippen LogP contribution in [0, 0.1) is 17.6 Å². The number of esters is 1. The molecule has 0 bridgehead atoms. The number of carbonyl (C=O) groups excluding carboxylic acids is 4. The fourth-order valence-corrected chi connectivity index (χ4v) is 5.14. The molecule has 50 heavy (non-hydrogen) atoms. The number of alkyl carbamates (subject to hydrolysis) is 1. The number of unbranched alkanes of at least 4 members (excludes halogenated alkanes) is 1. The number of ether oxygens (including phenoxy) is 3. The first kappa shape index (κ1) is 39.9. The van der Waals surface area contributed by atoms with Gasteiger partial charge in [-0.25, -0.2) is 28.1 Å². The fraction of sp³-hybridized carbons (Fsp3) is 0.472. The summed E-state index contributed by atoms with van der Waals surface area (Å²) >= 11 is 6.07. The second-order valence-corrected chi connectivity index (χ2v) is 13.6. The van der Waals surface area contributed by atoms with Gasteiger partial charge in [-0.15, -0.1) is 0 Å². The van der Waals surface area contributed by atoms with Gasteiger partial charge in [0, 0.05) is 25.1 Å². The highest BCUT2D eigenvalue weighted by molar-refractivity contribution is 6.31. The van der Waals surface area contributed by atoms with Crippen molar-refractivity contribution >= 4 is 52.3 Å². The summed E-state index contributed by atoms with van der Waals surface area (Å²) in [5, 5.41) is 6.27. The first-order valence-electron chi connectivity index (χ1n) is 16.4. The normalized spacial score (nSPS) is 12.6. The first-order chi connectivity index (χ1) is 23.5. The lowest BCUT2D eigenvalue weighted by molar-refractivity contribution is -0.147. The fourth-order valence-electron chi connectivity index (χ4n) is 4.92. The molecule has 11 nitrogen and oxygen atoms in total. The quantitative estimate of drug-likeness (QED) is 0.0941. The van der Waals surface area contributed by atoms with E-state index in [4.69, 9.17) is 25.8 Å². The summed E-state index contributed by atoms with van der Waals surface area (Å²) in [4.78, 5) is 56.5. The number of nitrogens with zero attached hydrogens (tertiary/aromatic N) is 2. The number of hydrogen-bond donors (Lipinski definition) is 2. The van der Waals surface area contributed by atoms with Crippen molar-refractivity contribution in [1.29, 1.82) is 0 Å². The summed E-state index contributed by atoms with van der Waals surface area (Å²) in [6, 6.07) is 8.65. The Labute approximate surface area is 296 Å². The maximum Gasteiger partial charge on any atom is 0.412 e. The topological polar surface area (TPSA) is 136 Å². The molecule has 0 saturated carbocycles. The first-order valence-corrected chi connectivity index (χ1v) is 16.8. The number of nitrogens with one attached hydrogen (secondary N) is 2. The molecule has 0 spiro atoms. The molecule has 3 amide bonds. The molecule has 0 aliphatic heterocycles.